The Hall–Kier alpha value is -5.79. The van der Waals surface area contributed by atoms with Gasteiger partial charge in [-0.1, -0.05) is 29.5 Å². The summed E-state index contributed by atoms with van der Waals surface area (Å²) in [5.74, 6) is -2.74. The monoisotopic (exact) mass is 740 g/mol. The topological polar surface area (TPSA) is 150 Å². The van der Waals surface area contributed by atoms with Crippen molar-refractivity contribution in [3.05, 3.63) is 101 Å². The molecule has 1 fully saturated rings. The van der Waals surface area contributed by atoms with Gasteiger partial charge in [0.1, 0.15) is 17.9 Å². The number of benzene rings is 3. The van der Waals surface area contributed by atoms with E-state index in [1.807, 2.05) is 17.0 Å². The third-order valence-electron chi connectivity index (χ3n) is 10.5. The fraction of sp³-hybridized carbons (Fsp3) is 0.350. The Morgan fingerprint density at radius 3 is 2.50 bits per heavy atom. The minimum atomic E-state index is -0.723. The highest BCUT2D eigenvalue weighted by Crippen LogP contribution is 2.39. The van der Waals surface area contributed by atoms with E-state index >= 15 is 13.2 Å². The van der Waals surface area contributed by atoms with Crippen LogP contribution in [0.2, 0.25) is 0 Å². The highest BCUT2D eigenvalue weighted by Gasteiger charge is 2.28. The molecule has 1 unspecified atom stereocenters. The average molecular weight is 741 g/mol. The van der Waals surface area contributed by atoms with Gasteiger partial charge in [-0.25, -0.2) is 13.2 Å². The molecule has 282 valence electrons. The lowest BCUT2D eigenvalue weighted by Gasteiger charge is -2.34. The molecule has 4 aromatic rings. The third-order valence-corrected chi connectivity index (χ3v) is 10.5. The van der Waals surface area contributed by atoms with Gasteiger partial charge >= 0.3 is 0 Å². The molecule has 2 aliphatic heterocycles. The van der Waals surface area contributed by atoms with Crippen LogP contribution in [0.3, 0.4) is 0 Å². The van der Waals surface area contributed by atoms with Crippen molar-refractivity contribution in [2.75, 3.05) is 43.9 Å². The van der Waals surface area contributed by atoms with Gasteiger partial charge in [-0.2, -0.15) is 0 Å². The number of aldehydes is 1. The van der Waals surface area contributed by atoms with Crippen LogP contribution in [0.15, 0.2) is 60.9 Å². The van der Waals surface area contributed by atoms with E-state index in [0.29, 0.717) is 62.3 Å². The summed E-state index contributed by atoms with van der Waals surface area (Å²) >= 11 is 0. The second-order valence-electron chi connectivity index (χ2n) is 13.6. The molecule has 0 bridgehead atoms. The van der Waals surface area contributed by atoms with Crippen molar-refractivity contribution in [2.24, 2.45) is 0 Å². The van der Waals surface area contributed by atoms with Crippen LogP contribution in [0.4, 0.5) is 24.5 Å². The predicted octanol–water partition coefficient (Wildman–Crippen LogP) is 5.84. The smallest absolute Gasteiger partial charge is 0.227 e. The van der Waals surface area contributed by atoms with Crippen molar-refractivity contribution < 1.29 is 27.6 Å². The van der Waals surface area contributed by atoms with Crippen molar-refractivity contribution in [3.63, 3.8) is 0 Å². The van der Waals surface area contributed by atoms with Crippen LogP contribution in [-0.4, -0.2) is 77.4 Å². The Bertz CT molecular complexity index is 2060. The number of likely N-dealkylation sites (N-methyl/N-ethyl adjacent to an activating group) is 1. The van der Waals surface area contributed by atoms with Crippen molar-refractivity contribution >= 4 is 41.3 Å². The lowest BCUT2D eigenvalue weighted by atomic mass is 9.86. The zero-order valence-electron chi connectivity index (χ0n) is 30.0. The summed E-state index contributed by atoms with van der Waals surface area (Å²) in [4.78, 5) is 39.9. The number of carbonyl (C=O) groups excluding carboxylic acids is 3. The first-order valence-electron chi connectivity index (χ1n) is 18.1. The van der Waals surface area contributed by atoms with Gasteiger partial charge in [-0.3, -0.25) is 14.3 Å². The number of amides is 2. The molecule has 0 radical (unpaired) electrons. The third kappa shape index (κ3) is 8.07. The number of hydrogen-bond donors (Lipinski definition) is 3. The summed E-state index contributed by atoms with van der Waals surface area (Å²) in [7, 11) is 1.51. The first kappa shape index (κ1) is 38.0. The van der Waals surface area contributed by atoms with E-state index in [9.17, 15) is 14.4 Å². The van der Waals surface area contributed by atoms with Gasteiger partial charge in [0.2, 0.25) is 11.8 Å². The van der Waals surface area contributed by atoms with Gasteiger partial charge in [0.05, 0.1) is 30.0 Å². The SMILES string of the molecule is CNC(=O)C(CCC=O)c1ccc(N2CCC(c3ccc(-c4cc(C5=CCCN(C(=O)CCn6ccnn6)C5)c(F)c(N)c4C=N)c(F)c3)CC2)c(F)c1. The molecule has 0 saturated carbocycles. The van der Waals surface area contributed by atoms with Gasteiger partial charge < -0.3 is 31.1 Å². The van der Waals surface area contributed by atoms with Crippen LogP contribution in [0, 0.1) is 22.9 Å². The lowest BCUT2D eigenvalue weighted by Crippen LogP contribution is -2.36. The summed E-state index contributed by atoms with van der Waals surface area (Å²) in [5.41, 5.74) is 8.88. The van der Waals surface area contributed by atoms with Crippen LogP contribution >= 0.6 is 0 Å². The summed E-state index contributed by atoms with van der Waals surface area (Å²) in [6, 6.07) is 11.2. The number of hydrogen-bond acceptors (Lipinski definition) is 8. The Labute approximate surface area is 311 Å². The van der Waals surface area contributed by atoms with E-state index in [1.54, 1.807) is 34.0 Å². The largest absolute Gasteiger partial charge is 0.396 e. The Balaban J connectivity index is 1.16. The number of nitrogens with zero attached hydrogens (tertiary/aromatic N) is 5. The zero-order valence-corrected chi connectivity index (χ0v) is 30.0. The van der Waals surface area contributed by atoms with E-state index in [0.717, 1.165) is 18.1 Å². The van der Waals surface area contributed by atoms with Gasteiger partial charge in [-0.15, -0.1) is 5.10 Å². The Kier molecular flexibility index (Phi) is 11.9. The summed E-state index contributed by atoms with van der Waals surface area (Å²) in [5, 5.41) is 18.2. The molecule has 0 spiro atoms. The molecule has 1 atom stereocenters. The average Bonchev–Trinajstić information content (AvgIpc) is 3.72. The molecule has 54 heavy (non-hydrogen) atoms. The number of aromatic nitrogens is 3. The molecule has 1 aromatic heterocycles. The van der Waals surface area contributed by atoms with Crippen molar-refractivity contribution in [1.82, 2.24) is 25.2 Å². The standard InChI is InChI=1S/C40H43F3N8O3/c1-46-40(54)29(5-3-19-52)27-7-9-36(35(42)21-27)49-15-10-25(11-16-49)26-6-8-30(34(41)20-26)32-22-31(38(43)39(45)33(32)23-44)28-4-2-14-50(24-28)37(53)12-17-51-18-13-47-48-51/h4,6-9,13,18-23,25,29,44H,2-3,5,10-12,14-17,24,45H2,1H3,(H,46,54). The number of carbonyl (C=O) groups is 3. The zero-order chi connectivity index (χ0) is 38.4. The van der Waals surface area contributed by atoms with Gasteiger partial charge in [0.25, 0.3) is 0 Å². The molecule has 3 heterocycles. The van der Waals surface area contributed by atoms with Crippen LogP contribution in [0.5, 0.6) is 0 Å². The number of rotatable bonds is 13. The second kappa shape index (κ2) is 16.9. The number of aryl methyl sites for hydroxylation is 1. The van der Waals surface area contributed by atoms with Gasteiger partial charge in [-0.05, 0) is 78.1 Å². The number of nitrogens with two attached hydrogens (primary N) is 1. The fourth-order valence-corrected chi connectivity index (χ4v) is 7.49. The van der Waals surface area contributed by atoms with Crippen LogP contribution in [-0.2, 0) is 20.9 Å². The number of anilines is 2. The molecule has 2 amide bonds. The van der Waals surface area contributed by atoms with Crippen molar-refractivity contribution in [1.29, 1.82) is 5.41 Å². The molecule has 2 aliphatic rings. The van der Waals surface area contributed by atoms with Gasteiger partial charge in [0.15, 0.2) is 5.82 Å². The van der Waals surface area contributed by atoms with Crippen molar-refractivity contribution in [2.45, 2.75) is 56.9 Å². The molecule has 1 saturated heterocycles. The number of piperidine rings is 1. The lowest BCUT2D eigenvalue weighted by molar-refractivity contribution is -0.131. The molecular weight excluding hydrogens is 697 g/mol. The van der Waals surface area contributed by atoms with Crippen molar-refractivity contribution in [3.8, 4) is 11.1 Å². The van der Waals surface area contributed by atoms with Crippen LogP contribution in [0.25, 0.3) is 16.7 Å². The molecule has 4 N–H and O–H groups in total. The highest BCUT2D eigenvalue weighted by molar-refractivity contribution is 5.97. The molecule has 14 heteroatoms. The number of nitrogen functional groups attached to an aromatic ring is 1. The first-order chi connectivity index (χ1) is 26.1. The number of nitrogens with one attached hydrogen (secondary N) is 2. The van der Waals surface area contributed by atoms with Gasteiger partial charge in [0, 0.05) is 75.2 Å². The minimum absolute atomic E-state index is 0.00429. The second-order valence-corrected chi connectivity index (χ2v) is 13.6. The number of halogens is 3. The quantitative estimate of drug-likeness (QED) is 0.0886. The minimum Gasteiger partial charge on any atom is -0.396 e. The Morgan fingerprint density at radius 2 is 1.83 bits per heavy atom. The van der Waals surface area contributed by atoms with E-state index in [4.69, 9.17) is 11.1 Å². The van der Waals surface area contributed by atoms with E-state index < -0.39 is 23.4 Å². The van der Waals surface area contributed by atoms with Crippen LogP contribution < -0.4 is 16.0 Å². The van der Waals surface area contributed by atoms with E-state index in [1.165, 1.54) is 31.4 Å². The van der Waals surface area contributed by atoms with E-state index in [2.05, 4.69) is 15.6 Å². The Morgan fingerprint density at radius 1 is 1.04 bits per heavy atom. The maximum Gasteiger partial charge on any atom is 0.227 e. The fourth-order valence-electron chi connectivity index (χ4n) is 7.49. The summed E-state index contributed by atoms with van der Waals surface area (Å²) < 4.78 is 48.8. The first-order valence-corrected chi connectivity index (χ1v) is 18.1. The molecule has 6 rings (SSSR count). The summed E-state index contributed by atoms with van der Waals surface area (Å²) in [6.07, 6.45) is 9.19. The maximum atomic E-state index is 16.0. The molecule has 0 aliphatic carbocycles. The normalized spacial score (nSPS) is 15.4. The summed E-state index contributed by atoms with van der Waals surface area (Å²) in [6.45, 7) is 2.04. The molecular formula is C40H43F3N8O3. The van der Waals surface area contributed by atoms with Crippen LogP contribution in [0.1, 0.15) is 72.6 Å². The molecule has 11 nitrogen and oxygen atoms in total. The molecule has 3 aromatic carbocycles. The maximum absolute atomic E-state index is 16.0. The predicted molar refractivity (Wildman–Crippen MR) is 201 cm³/mol. The highest BCUT2D eigenvalue weighted by atomic mass is 19.1. The van der Waals surface area contributed by atoms with E-state index in [-0.39, 0.29) is 71.5 Å².